The average molecular weight is 336 g/mol. The number of rotatable bonds is 3. The standard InChI is InChI=1S/C16H27F3N2O2/c1-2-11-5-3-4-6-13(11)20-15(23)21-9-7-12(8-10-21)14(22)16(17,18)19/h11-14,22H,2-10H2,1H3,(H,20,23). The Morgan fingerprint density at radius 2 is 1.83 bits per heavy atom. The molecule has 0 radical (unpaired) electrons. The van der Waals surface area contributed by atoms with Crippen LogP contribution in [0.25, 0.3) is 0 Å². The molecule has 0 aromatic heterocycles. The molecule has 1 saturated carbocycles. The van der Waals surface area contributed by atoms with Crippen LogP contribution in [0.4, 0.5) is 18.0 Å². The summed E-state index contributed by atoms with van der Waals surface area (Å²) in [5.41, 5.74) is 0. The quantitative estimate of drug-likeness (QED) is 0.831. The third-order valence-corrected chi connectivity index (χ3v) is 5.35. The highest BCUT2D eigenvalue weighted by Gasteiger charge is 2.44. The van der Waals surface area contributed by atoms with E-state index in [1.54, 1.807) is 4.90 Å². The maximum atomic E-state index is 12.5. The number of alkyl halides is 3. The van der Waals surface area contributed by atoms with Crippen LogP contribution in [0.3, 0.4) is 0 Å². The minimum absolute atomic E-state index is 0.171. The van der Waals surface area contributed by atoms with Crippen molar-refractivity contribution in [2.45, 2.75) is 70.2 Å². The second kappa shape index (κ2) is 7.73. The molecule has 134 valence electrons. The fraction of sp³-hybridized carbons (Fsp3) is 0.938. The lowest BCUT2D eigenvalue weighted by atomic mass is 9.83. The number of amides is 2. The van der Waals surface area contributed by atoms with Crippen molar-refractivity contribution in [3.05, 3.63) is 0 Å². The first-order chi connectivity index (χ1) is 10.8. The van der Waals surface area contributed by atoms with Crippen LogP contribution >= 0.6 is 0 Å². The summed E-state index contributed by atoms with van der Waals surface area (Å²) in [4.78, 5) is 13.9. The van der Waals surface area contributed by atoms with Crippen molar-refractivity contribution in [2.24, 2.45) is 11.8 Å². The third kappa shape index (κ3) is 4.75. The molecule has 3 atom stereocenters. The zero-order valence-electron chi connectivity index (χ0n) is 13.6. The van der Waals surface area contributed by atoms with Crippen molar-refractivity contribution in [2.75, 3.05) is 13.1 Å². The van der Waals surface area contributed by atoms with Crippen molar-refractivity contribution >= 4 is 6.03 Å². The van der Waals surface area contributed by atoms with Crippen LogP contribution in [0, 0.1) is 11.8 Å². The van der Waals surface area contributed by atoms with Gasteiger partial charge in [-0.1, -0.05) is 26.2 Å². The second-order valence-corrected chi connectivity index (χ2v) is 6.82. The van der Waals surface area contributed by atoms with Gasteiger partial charge in [0.05, 0.1) is 0 Å². The monoisotopic (exact) mass is 336 g/mol. The molecular weight excluding hydrogens is 309 g/mol. The van der Waals surface area contributed by atoms with E-state index < -0.39 is 18.2 Å². The average Bonchev–Trinajstić information content (AvgIpc) is 2.54. The molecule has 3 unspecified atom stereocenters. The first-order valence-corrected chi connectivity index (χ1v) is 8.63. The van der Waals surface area contributed by atoms with E-state index in [4.69, 9.17) is 0 Å². The second-order valence-electron chi connectivity index (χ2n) is 6.82. The van der Waals surface area contributed by atoms with Crippen LogP contribution in [-0.4, -0.2) is 47.4 Å². The number of nitrogens with zero attached hydrogens (tertiary/aromatic N) is 1. The number of urea groups is 1. The number of nitrogens with one attached hydrogen (secondary N) is 1. The Morgan fingerprint density at radius 1 is 1.22 bits per heavy atom. The molecule has 7 heteroatoms. The molecular formula is C16H27F3N2O2. The molecule has 1 aliphatic carbocycles. The Kier molecular flexibility index (Phi) is 6.17. The van der Waals surface area contributed by atoms with E-state index in [9.17, 15) is 23.1 Å². The number of aliphatic hydroxyl groups is 1. The highest BCUT2D eigenvalue weighted by Crippen LogP contribution is 2.32. The van der Waals surface area contributed by atoms with Crippen LogP contribution in [0.1, 0.15) is 51.9 Å². The summed E-state index contributed by atoms with van der Waals surface area (Å²) in [6, 6.07) is 0.00929. The Bertz CT molecular complexity index is 395. The zero-order valence-corrected chi connectivity index (χ0v) is 13.6. The highest BCUT2D eigenvalue weighted by atomic mass is 19.4. The molecule has 1 heterocycles. The molecule has 2 rings (SSSR count). The van der Waals surface area contributed by atoms with Crippen molar-refractivity contribution in [3.8, 4) is 0 Å². The van der Waals surface area contributed by atoms with Gasteiger partial charge in [-0.25, -0.2) is 4.79 Å². The summed E-state index contributed by atoms with van der Waals surface area (Å²) >= 11 is 0. The maximum absolute atomic E-state index is 12.5. The van der Waals surface area contributed by atoms with Gasteiger partial charge in [-0.05, 0) is 37.5 Å². The number of carbonyl (C=O) groups is 1. The lowest BCUT2D eigenvalue weighted by Crippen LogP contribution is -2.52. The molecule has 1 aliphatic heterocycles. The number of halogens is 3. The van der Waals surface area contributed by atoms with E-state index >= 15 is 0 Å². The normalized spacial score (nSPS) is 28.5. The Morgan fingerprint density at radius 3 is 2.39 bits per heavy atom. The molecule has 1 saturated heterocycles. The van der Waals surface area contributed by atoms with Gasteiger partial charge in [0.1, 0.15) is 0 Å². The molecule has 2 fully saturated rings. The summed E-state index contributed by atoms with van der Waals surface area (Å²) in [7, 11) is 0. The lowest BCUT2D eigenvalue weighted by molar-refractivity contribution is -0.222. The van der Waals surface area contributed by atoms with Gasteiger partial charge >= 0.3 is 12.2 Å². The van der Waals surface area contributed by atoms with Crippen LogP contribution < -0.4 is 5.32 Å². The van der Waals surface area contributed by atoms with Crippen molar-refractivity contribution in [3.63, 3.8) is 0 Å². The van der Waals surface area contributed by atoms with Crippen molar-refractivity contribution in [1.82, 2.24) is 10.2 Å². The van der Waals surface area contributed by atoms with Gasteiger partial charge < -0.3 is 15.3 Å². The molecule has 4 nitrogen and oxygen atoms in total. The predicted octanol–water partition coefficient (Wildman–Crippen LogP) is 3.30. The largest absolute Gasteiger partial charge is 0.414 e. The SMILES string of the molecule is CCC1CCCCC1NC(=O)N1CCC(C(O)C(F)(F)F)CC1. The fourth-order valence-electron chi connectivity index (χ4n) is 3.82. The van der Waals surface area contributed by atoms with Gasteiger partial charge in [-0.2, -0.15) is 13.2 Å². The minimum atomic E-state index is -4.58. The predicted molar refractivity (Wildman–Crippen MR) is 80.9 cm³/mol. The lowest BCUT2D eigenvalue weighted by Gasteiger charge is -2.37. The summed E-state index contributed by atoms with van der Waals surface area (Å²) in [6.07, 6.45) is -1.03. The number of likely N-dealkylation sites (tertiary alicyclic amines) is 1. The number of piperidine rings is 1. The molecule has 2 aliphatic rings. The highest BCUT2D eigenvalue weighted by molar-refractivity contribution is 5.74. The van der Waals surface area contributed by atoms with Gasteiger partial charge in [0.2, 0.25) is 0 Å². The molecule has 2 amide bonds. The molecule has 0 bridgehead atoms. The third-order valence-electron chi connectivity index (χ3n) is 5.35. The maximum Gasteiger partial charge on any atom is 0.414 e. The Balaban J connectivity index is 1.81. The van der Waals surface area contributed by atoms with E-state index in [1.807, 2.05) is 0 Å². The van der Waals surface area contributed by atoms with Crippen molar-refractivity contribution in [1.29, 1.82) is 0 Å². The topological polar surface area (TPSA) is 52.6 Å². The van der Waals surface area contributed by atoms with Gasteiger partial charge in [-0.3, -0.25) is 0 Å². The van der Waals surface area contributed by atoms with E-state index in [1.165, 1.54) is 6.42 Å². The fourth-order valence-corrected chi connectivity index (χ4v) is 3.82. The van der Waals surface area contributed by atoms with Gasteiger partial charge in [0.25, 0.3) is 0 Å². The summed E-state index contributed by atoms with van der Waals surface area (Å²) < 4.78 is 37.6. The molecule has 23 heavy (non-hydrogen) atoms. The van der Waals surface area contributed by atoms with Gasteiger partial charge in [-0.15, -0.1) is 0 Å². The number of carbonyl (C=O) groups excluding carboxylic acids is 1. The van der Waals surface area contributed by atoms with Crippen LogP contribution in [0.15, 0.2) is 0 Å². The first-order valence-electron chi connectivity index (χ1n) is 8.63. The molecule has 2 N–H and O–H groups in total. The van der Waals surface area contributed by atoms with Crippen molar-refractivity contribution < 1.29 is 23.1 Å². The number of hydrogen-bond acceptors (Lipinski definition) is 2. The molecule has 0 spiro atoms. The summed E-state index contributed by atoms with van der Waals surface area (Å²) in [5, 5.41) is 12.4. The van der Waals surface area contributed by atoms with E-state index in [0.29, 0.717) is 5.92 Å². The smallest absolute Gasteiger partial charge is 0.383 e. The first kappa shape index (κ1) is 18.4. The van der Waals surface area contributed by atoms with E-state index in [0.717, 1.165) is 25.7 Å². The number of aliphatic hydroxyl groups excluding tert-OH is 1. The molecule has 0 aromatic rings. The summed E-state index contributed by atoms with van der Waals surface area (Å²) in [6.45, 7) is 2.67. The van der Waals surface area contributed by atoms with Crippen LogP contribution in [0.2, 0.25) is 0 Å². The van der Waals surface area contributed by atoms with E-state index in [2.05, 4.69) is 12.2 Å². The number of hydrogen-bond donors (Lipinski definition) is 2. The zero-order chi connectivity index (χ0) is 17.0. The van der Waals surface area contributed by atoms with E-state index in [-0.39, 0.29) is 38.0 Å². The minimum Gasteiger partial charge on any atom is -0.383 e. The van der Waals surface area contributed by atoms with Gasteiger partial charge in [0, 0.05) is 19.1 Å². The summed E-state index contributed by atoms with van der Waals surface area (Å²) in [5.74, 6) is -0.311. The van der Waals surface area contributed by atoms with Crippen LogP contribution in [-0.2, 0) is 0 Å². The Hall–Kier alpha value is -0.980. The Labute approximate surface area is 135 Å². The molecule has 0 aromatic carbocycles. The van der Waals surface area contributed by atoms with Gasteiger partial charge in [0.15, 0.2) is 6.10 Å². The van der Waals surface area contributed by atoms with Crippen LogP contribution in [0.5, 0.6) is 0 Å².